The Balaban J connectivity index is 2.27. The highest BCUT2D eigenvalue weighted by Crippen LogP contribution is 2.39. The Labute approximate surface area is 80.1 Å². The average Bonchev–Trinajstić information content (AvgIpc) is 2.85. The van der Waals surface area contributed by atoms with Crippen molar-refractivity contribution in [3.05, 3.63) is 23.0 Å². The zero-order chi connectivity index (χ0) is 8.84. The Morgan fingerprint density at radius 1 is 1.54 bits per heavy atom. The molecule has 0 N–H and O–H groups in total. The summed E-state index contributed by atoms with van der Waals surface area (Å²) >= 11 is 1.60. The molecule has 0 bridgehead atoms. The van der Waals surface area contributed by atoms with E-state index in [-0.39, 0.29) is 0 Å². The molecule has 3 rings (SSSR count). The molecule has 4 heteroatoms. The first-order valence-corrected chi connectivity index (χ1v) is 5.35. The largest absolute Gasteiger partial charge is 0.409 e. The van der Waals surface area contributed by atoms with E-state index in [9.17, 15) is 0 Å². The van der Waals surface area contributed by atoms with Gasteiger partial charge >= 0.3 is 4.96 Å². The first-order chi connectivity index (χ1) is 6.34. The van der Waals surface area contributed by atoms with Crippen LogP contribution in [-0.4, -0.2) is 10.1 Å². The third-order valence-electron chi connectivity index (χ3n) is 2.41. The smallest absolute Gasteiger partial charge is 0.0883 e. The number of fused-ring (bicyclic) bond motifs is 1. The summed E-state index contributed by atoms with van der Waals surface area (Å²) in [6.07, 6.45) is 2.61. The van der Waals surface area contributed by atoms with Crippen LogP contribution in [0, 0.1) is 6.92 Å². The summed E-state index contributed by atoms with van der Waals surface area (Å²) in [5.74, 6) is 0.728. The normalized spacial score (nSPS) is 16.7. The minimum Gasteiger partial charge on any atom is -0.0883 e. The molecule has 0 aliphatic heterocycles. The van der Waals surface area contributed by atoms with Gasteiger partial charge in [0.05, 0.1) is 0 Å². The standard InChI is InChI=1S/C9H10N3S/c1-6-4-8(7-2-3-7)11-9-12(6)10-5-13-9/h4-5,7H,2-3H2,1H3/q+1. The van der Waals surface area contributed by atoms with Gasteiger partial charge in [-0.2, -0.15) is 0 Å². The molecule has 66 valence electrons. The highest BCUT2D eigenvalue weighted by atomic mass is 32.1. The van der Waals surface area contributed by atoms with Crippen LogP contribution >= 0.6 is 11.3 Å². The number of hydrogen-bond acceptors (Lipinski definition) is 3. The van der Waals surface area contributed by atoms with Gasteiger partial charge in [-0.05, 0) is 29.2 Å². The van der Waals surface area contributed by atoms with Crippen LogP contribution in [0.25, 0.3) is 4.96 Å². The Kier molecular flexibility index (Phi) is 1.41. The van der Waals surface area contributed by atoms with Crippen molar-refractivity contribution in [3.63, 3.8) is 0 Å². The van der Waals surface area contributed by atoms with Gasteiger partial charge in [-0.1, -0.05) is 9.61 Å². The first kappa shape index (κ1) is 7.38. The molecule has 0 spiro atoms. The van der Waals surface area contributed by atoms with Gasteiger partial charge in [0.15, 0.2) is 5.69 Å². The summed E-state index contributed by atoms with van der Waals surface area (Å²) in [6.45, 7) is 2.08. The summed E-state index contributed by atoms with van der Waals surface area (Å²) < 4.78 is 1.90. The molecule has 1 saturated carbocycles. The minimum atomic E-state index is 0.728. The molecule has 2 aromatic heterocycles. The van der Waals surface area contributed by atoms with E-state index in [1.54, 1.807) is 11.3 Å². The van der Waals surface area contributed by atoms with Gasteiger partial charge in [0.1, 0.15) is 11.2 Å². The number of rotatable bonds is 1. The van der Waals surface area contributed by atoms with Crippen LogP contribution in [0.15, 0.2) is 11.6 Å². The van der Waals surface area contributed by atoms with Crippen LogP contribution in [0.5, 0.6) is 0 Å². The lowest BCUT2D eigenvalue weighted by molar-refractivity contribution is -0.585. The Hall–Kier alpha value is -1.03. The fourth-order valence-corrected chi connectivity index (χ4v) is 2.22. The topological polar surface area (TPSA) is 29.9 Å². The van der Waals surface area contributed by atoms with Crippen LogP contribution in [0.3, 0.4) is 0 Å². The maximum atomic E-state index is 4.58. The van der Waals surface area contributed by atoms with E-state index in [1.165, 1.54) is 24.2 Å². The Morgan fingerprint density at radius 3 is 3.15 bits per heavy atom. The molecule has 0 saturated heterocycles. The number of nitrogens with zero attached hydrogens (tertiary/aromatic N) is 3. The van der Waals surface area contributed by atoms with Crippen LogP contribution in [0.2, 0.25) is 0 Å². The number of aryl methyl sites for hydroxylation is 1. The highest BCUT2D eigenvalue weighted by molar-refractivity contribution is 7.14. The van der Waals surface area contributed by atoms with E-state index >= 15 is 0 Å². The van der Waals surface area contributed by atoms with Gasteiger partial charge in [0.2, 0.25) is 0 Å². The average molecular weight is 192 g/mol. The first-order valence-electron chi connectivity index (χ1n) is 4.47. The van der Waals surface area contributed by atoms with Gasteiger partial charge in [0.25, 0.3) is 0 Å². The zero-order valence-corrected chi connectivity index (χ0v) is 8.21. The second kappa shape index (κ2) is 2.48. The van der Waals surface area contributed by atoms with E-state index in [1.807, 2.05) is 10.0 Å². The summed E-state index contributed by atoms with van der Waals surface area (Å²) in [5.41, 5.74) is 4.28. The summed E-state index contributed by atoms with van der Waals surface area (Å²) in [6, 6.07) is 2.16. The molecular weight excluding hydrogens is 182 g/mol. The van der Waals surface area contributed by atoms with Crippen LogP contribution in [0.4, 0.5) is 0 Å². The van der Waals surface area contributed by atoms with Gasteiger partial charge < -0.3 is 0 Å². The third kappa shape index (κ3) is 1.13. The van der Waals surface area contributed by atoms with E-state index in [4.69, 9.17) is 0 Å². The molecule has 0 unspecified atom stereocenters. The number of hydrogen-bond donors (Lipinski definition) is 0. The van der Waals surface area contributed by atoms with Crippen LogP contribution in [0.1, 0.15) is 30.1 Å². The second-order valence-electron chi connectivity index (χ2n) is 3.53. The van der Waals surface area contributed by atoms with Crippen molar-refractivity contribution in [1.29, 1.82) is 0 Å². The molecule has 0 atom stereocenters. The molecule has 13 heavy (non-hydrogen) atoms. The quantitative estimate of drug-likeness (QED) is 0.640. The van der Waals surface area contributed by atoms with Crippen molar-refractivity contribution in [1.82, 2.24) is 10.1 Å². The van der Waals surface area contributed by atoms with Gasteiger partial charge in [0, 0.05) is 18.9 Å². The monoisotopic (exact) mass is 192 g/mol. The van der Waals surface area contributed by atoms with E-state index in [0.717, 1.165) is 10.9 Å². The van der Waals surface area contributed by atoms with Crippen molar-refractivity contribution in [2.75, 3.05) is 0 Å². The van der Waals surface area contributed by atoms with Crippen molar-refractivity contribution < 1.29 is 4.52 Å². The predicted molar refractivity (Wildman–Crippen MR) is 49.8 cm³/mol. The lowest BCUT2D eigenvalue weighted by atomic mass is 10.2. The second-order valence-corrected chi connectivity index (χ2v) is 4.34. The molecule has 0 radical (unpaired) electrons. The summed E-state index contributed by atoms with van der Waals surface area (Å²) in [4.78, 5) is 5.59. The Morgan fingerprint density at radius 2 is 2.38 bits per heavy atom. The van der Waals surface area contributed by atoms with E-state index in [0.29, 0.717) is 0 Å². The van der Waals surface area contributed by atoms with E-state index < -0.39 is 0 Å². The maximum absolute atomic E-state index is 4.58. The SMILES string of the molecule is Cc1cc(C2CC2)nc2scn[n+]12. The predicted octanol–water partition coefficient (Wildman–Crippen LogP) is 1.46. The molecule has 0 aromatic carbocycles. The minimum absolute atomic E-state index is 0.728. The molecule has 1 fully saturated rings. The molecule has 1 aliphatic rings. The third-order valence-corrected chi connectivity index (χ3v) is 3.09. The van der Waals surface area contributed by atoms with Crippen molar-refractivity contribution in [2.24, 2.45) is 0 Å². The van der Waals surface area contributed by atoms with Gasteiger partial charge in [-0.15, -0.1) is 0 Å². The van der Waals surface area contributed by atoms with Crippen molar-refractivity contribution in [3.8, 4) is 0 Å². The molecular formula is C9H10N3S+. The molecule has 1 aliphatic carbocycles. The number of aromatic nitrogens is 3. The highest BCUT2D eigenvalue weighted by Gasteiger charge is 2.30. The fourth-order valence-electron chi connectivity index (χ4n) is 1.54. The van der Waals surface area contributed by atoms with Gasteiger partial charge in [-0.3, -0.25) is 0 Å². The van der Waals surface area contributed by atoms with Gasteiger partial charge in [-0.25, -0.2) is 0 Å². The fraction of sp³-hybridized carbons (Fsp3) is 0.444. The van der Waals surface area contributed by atoms with Crippen molar-refractivity contribution in [2.45, 2.75) is 25.7 Å². The molecule has 0 amide bonds. The molecule has 2 aromatic rings. The lowest BCUT2D eigenvalue weighted by Crippen LogP contribution is -2.28. The van der Waals surface area contributed by atoms with E-state index in [2.05, 4.69) is 23.1 Å². The molecule has 2 heterocycles. The lowest BCUT2D eigenvalue weighted by Gasteiger charge is -1.91. The Bertz CT molecular complexity index is 459. The van der Waals surface area contributed by atoms with Crippen molar-refractivity contribution >= 4 is 16.3 Å². The summed E-state index contributed by atoms with van der Waals surface area (Å²) in [5, 5.41) is 4.21. The zero-order valence-electron chi connectivity index (χ0n) is 7.40. The maximum Gasteiger partial charge on any atom is 0.409 e. The molecule has 3 nitrogen and oxygen atoms in total. The van der Waals surface area contributed by atoms with Crippen LogP contribution in [-0.2, 0) is 0 Å². The summed E-state index contributed by atoms with van der Waals surface area (Å²) in [7, 11) is 0. The van der Waals surface area contributed by atoms with Crippen LogP contribution < -0.4 is 4.52 Å².